The van der Waals surface area contributed by atoms with Crippen molar-refractivity contribution in [2.45, 2.75) is 6.92 Å². The summed E-state index contributed by atoms with van der Waals surface area (Å²) in [6.07, 6.45) is 2.07. The van der Waals surface area contributed by atoms with Crippen LogP contribution in [0, 0.1) is 0 Å². The SMILES string of the molecule is C=CC(=O)OC=C(C)C(=O)OCCN(C)C. The minimum absolute atomic E-state index is 0.231. The smallest absolute Gasteiger partial charge is 0.336 e. The average molecular weight is 227 g/mol. The molecule has 0 bridgehead atoms. The van der Waals surface area contributed by atoms with Crippen LogP contribution in [0.4, 0.5) is 0 Å². The van der Waals surface area contributed by atoms with Crippen molar-refractivity contribution >= 4 is 11.9 Å². The molecule has 0 heterocycles. The molecule has 0 amide bonds. The standard InChI is InChI=1S/C11H17NO4/c1-5-10(13)16-8-9(2)11(14)15-7-6-12(3)4/h5,8H,1,6-7H2,2-4H3. The predicted molar refractivity (Wildman–Crippen MR) is 59.6 cm³/mol. The van der Waals surface area contributed by atoms with E-state index < -0.39 is 11.9 Å². The maximum atomic E-state index is 11.3. The van der Waals surface area contributed by atoms with E-state index in [9.17, 15) is 9.59 Å². The summed E-state index contributed by atoms with van der Waals surface area (Å²) >= 11 is 0. The zero-order chi connectivity index (χ0) is 12.6. The molecule has 0 N–H and O–H groups in total. The molecule has 16 heavy (non-hydrogen) atoms. The highest BCUT2D eigenvalue weighted by atomic mass is 16.5. The van der Waals surface area contributed by atoms with E-state index in [4.69, 9.17) is 4.74 Å². The maximum Gasteiger partial charge on any atom is 0.336 e. The van der Waals surface area contributed by atoms with Gasteiger partial charge >= 0.3 is 11.9 Å². The van der Waals surface area contributed by atoms with Gasteiger partial charge in [-0.05, 0) is 21.0 Å². The van der Waals surface area contributed by atoms with Crippen molar-refractivity contribution < 1.29 is 19.1 Å². The van der Waals surface area contributed by atoms with Crippen LogP contribution < -0.4 is 0 Å². The summed E-state index contributed by atoms with van der Waals surface area (Å²) in [4.78, 5) is 23.9. The molecule has 0 saturated heterocycles. The van der Waals surface area contributed by atoms with E-state index in [0.29, 0.717) is 13.2 Å². The van der Waals surface area contributed by atoms with Gasteiger partial charge in [0.15, 0.2) is 0 Å². The molecule has 5 nitrogen and oxygen atoms in total. The highest BCUT2D eigenvalue weighted by Gasteiger charge is 2.06. The van der Waals surface area contributed by atoms with Crippen LogP contribution in [0.25, 0.3) is 0 Å². The lowest BCUT2D eigenvalue weighted by Gasteiger charge is -2.09. The molecular formula is C11H17NO4. The number of esters is 2. The normalized spacial score (nSPS) is 11.1. The van der Waals surface area contributed by atoms with Crippen LogP contribution in [-0.2, 0) is 19.1 Å². The summed E-state index contributed by atoms with van der Waals surface area (Å²) in [5.41, 5.74) is 0.231. The van der Waals surface area contributed by atoms with Crippen molar-refractivity contribution in [2.24, 2.45) is 0 Å². The van der Waals surface area contributed by atoms with Crippen molar-refractivity contribution in [3.8, 4) is 0 Å². The van der Waals surface area contributed by atoms with Gasteiger partial charge in [-0.1, -0.05) is 6.58 Å². The first-order chi connectivity index (χ1) is 7.47. The Morgan fingerprint density at radius 1 is 1.38 bits per heavy atom. The second kappa shape index (κ2) is 7.64. The molecule has 90 valence electrons. The maximum absolute atomic E-state index is 11.3. The Bertz CT molecular complexity index is 294. The molecule has 0 aliphatic heterocycles. The third-order valence-corrected chi connectivity index (χ3v) is 1.61. The van der Waals surface area contributed by atoms with Crippen molar-refractivity contribution in [1.82, 2.24) is 4.90 Å². The number of rotatable bonds is 6. The lowest BCUT2D eigenvalue weighted by atomic mass is 10.3. The number of hydrogen-bond acceptors (Lipinski definition) is 5. The Hall–Kier alpha value is -1.62. The molecule has 0 aromatic rings. The lowest BCUT2D eigenvalue weighted by molar-refractivity contribution is -0.139. The number of carbonyl (C=O) groups is 2. The first kappa shape index (κ1) is 14.4. The third kappa shape index (κ3) is 6.78. The van der Waals surface area contributed by atoms with Gasteiger partial charge in [-0.25, -0.2) is 9.59 Å². The van der Waals surface area contributed by atoms with Crippen LogP contribution in [0.1, 0.15) is 6.92 Å². The van der Waals surface area contributed by atoms with Crippen LogP contribution in [0.3, 0.4) is 0 Å². The highest BCUT2D eigenvalue weighted by Crippen LogP contribution is 1.98. The summed E-state index contributed by atoms with van der Waals surface area (Å²) in [7, 11) is 3.75. The summed E-state index contributed by atoms with van der Waals surface area (Å²) in [5.74, 6) is -1.11. The number of ether oxygens (including phenoxy) is 2. The molecular weight excluding hydrogens is 210 g/mol. The summed E-state index contributed by atoms with van der Waals surface area (Å²) in [5, 5.41) is 0. The van der Waals surface area contributed by atoms with Crippen LogP contribution in [0.5, 0.6) is 0 Å². The molecule has 0 aromatic carbocycles. The summed E-state index contributed by atoms with van der Waals surface area (Å²) < 4.78 is 9.49. The van der Waals surface area contributed by atoms with Gasteiger partial charge in [-0.15, -0.1) is 0 Å². The van der Waals surface area contributed by atoms with Crippen molar-refractivity contribution in [1.29, 1.82) is 0 Å². The quantitative estimate of drug-likeness (QED) is 0.380. The predicted octanol–water partition coefficient (Wildman–Crippen LogP) is 0.724. The van der Waals surface area contributed by atoms with Gasteiger partial charge in [-0.2, -0.15) is 0 Å². The number of hydrogen-bond donors (Lipinski definition) is 0. The van der Waals surface area contributed by atoms with E-state index in [0.717, 1.165) is 12.3 Å². The van der Waals surface area contributed by atoms with Gasteiger partial charge in [0.05, 0.1) is 5.57 Å². The Morgan fingerprint density at radius 3 is 2.50 bits per heavy atom. The third-order valence-electron chi connectivity index (χ3n) is 1.61. The number of likely N-dealkylation sites (N-methyl/N-ethyl adjacent to an activating group) is 1. The molecule has 0 fully saturated rings. The largest absolute Gasteiger partial charge is 0.461 e. The molecule has 0 saturated carbocycles. The Kier molecular flexibility index (Phi) is 6.87. The zero-order valence-corrected chi connectivity index (χ0v) is 9.86. The first-order valence-electron chi connectivity index (χ1n) is 4.79. The molecule has 0 unspecified atom stereocenters. The summed E-state index contributed by atoms with van der Waals surface area (Å²) in [6.45, 7) is 5.68. The number of nitrogens with zero attached hydrogens (tertiary/aromatic N) is 1. The molecule has 5 heteroatoms. The molecule has 0 radical (unpaired) electrons. The minimum Gasteiger partial charge on any atom is -0.461 e. The van der Waals surface area contributed by atoms with Gasteiger partial charge in [0.2, 0.25) is 0 Å². The zero-order valence-electron chi connectivity index (χ0n) is 9.86. The highest BCUT2D eigenvalue weighted by molar-refractivity contribution is 5.88. The van der Waals surface area contributed by atoms with Crippen molar-refractivity contribution in [3.63, 3.8) is 0 Å². The van der Waals surface area contributed by atoms with Crippen molar-refractivity contribution in [2.75, 3.05) is 27.2 Å². The average Bonchev–Trinajstić information content (AvgIpc) is 2.24. The molecule has 0 rings (SSSR count). The van der Waals surface area contributed by atoms with Crippen LogP contribution in [0.2, 0.25) is 0 Å². The van der Waals surface area contributed by atoms with Gasteiger partial charge in [0, 0.05) is 12.6 Å². The van der Waals surface area contributed by atoms with Crippen LogP contribution in [-0.4, -0.2) is 44.1 Å². The fourth-order valence-corrected chi connectivity index (χ4v) is 0.677. The van der Waals surface area contributed by atoms with Crippen molar-refractivity contribution in [3.05, 3.63) is 24.5 Å². The minimum atomic E-state index is -0.611. The van der Waals surface area contributed by atoms with E-state index in [2.05, 4.69) is 11.3 Å². The van der Waals surface area contributed by atoms with Gasteiger partial charge in [0.25, 0.3) is 0 Å². The second-order valence-corrected chi connectivity index (χ2v) is 3.38. The summed E-state index contributed by atoms with van der Waals surface area (Å²) in [6, 6.07) is 0. The first-order valence-corrected chi connectivity index (χ1v) is 4.79. The second-order valence-electron chi connectivity index (χ2n) is 3.38. The van der Waals surface area contributed by atoms with Gasteiger partial charge in [0.1, 0.15) is 12.9 Å². The monoisotopic (exact) mass is 227 g/mol. The van der Waals surface area contributed by atoms with Crippen LogP contribution in [0.15, 0.2) is 24.5 Å². The van der Waals surface area contributed by atoms with E-state index in [1.165, 1.54) is 6.92 Å². The van der Waals surface area contributed by atoms with Crippen LogP contribution >= 0.6 is 0 Å². The van der Waals surface area contributed by atoms with Gasteiger partial charge in [-0.3, -0.25) is 0 Å². The fourth-order valence-electron chi connectivity index (χ4n) is 0.677. The lowest BCUT2D eigenvalue weighted by Crippen LogP contribution is -2.20. The van der Waals surface area contributed by atoms with E-state index in [1.807, 2.05) is 19.0 Å². The molecule has 0 spiro atoms. The Balaban J connectivity index is 3.98. The molecule has 0 aliphatic rings. The van der Waals surface area contributed by atoms with Gasteiger partial charge < -0.3 is 14.4 Å². The van der Waals surface area contributed by atoms with E-state index in [1.54, 1.807) is 0 Å². The van der Waals surface area contributed by atoms with E-state index >= 15 is 0 Å². The Labute approximate surface area is 95.3 Å². The topological polar surface area (TPSA) is 55.8 Å². The molecule has 0 atom stereocenters. The Morgan fingerprint density at radius 2 is 2.00 bits per heavy atom. The number of carbonyl (C=O) groups excluding carboxylic acids is 2. The molecule has 0 aromatic heterocycles. The van der Waals surface area contributed by atoms with E-state index in [-0.39, 0.29) is 5.57 Å². The fraction of sp³-hybridized carbons (Fsp3) is 0.455. The molecule has 0 aliphatic carbocycles.